The molecule has 0 aliphatic carbocycles. The number of carbonyl (C=O) groups is 2. The zero-order valence-electron chi connectivity index (χ0n) is 30.2. The van der Waals surface area contributed by atoms with Gasteiger partial charge in [-0.2, -0.15) is 0 Å². The summed E-state index contributed by atoms with van der Waals surface area (Å²) in [6.45, 7) is 6.11. The van der Waals surface area contributed by atoms with Crippen LogP contribution in [0.5, 0.6) is 0 Å². The van der Waals surface area contributed by atoms with Crippen molar-refractivity contribution in [3.05, 3.63) is 176 Å². The lowest BCUT2D eigenvalue weighted by atomic mass is 9.85. The highest BCUT2D eigenvalue weighted by Gasteiger charge is 2.40. The van der Waals surface area contributed by atoms with Crippen molar-refractivity contribution in [2.24, 2.45) is 0 Å². The van der Waals surface area contributed by atoms with E-state index in [1.807, 2.05) is 72.8 Å². The summed E-state index contributed by atoms with van der Waals surface area (Å²) in [5.41, 5.74) is -1.19. The van der Waals surface area contributed by atoms with Gasteiger partial charge in [0.15, 0.2) is 11.2 Å². The molecule has 0 atom stereocenters. The smallest absolute Gasteiger partial charge is 0.158 e. The van der Waals surface area contributed by atoms with E-state index in [0.717, 1.165) is 71.0 Å². The van der Waals surface area contributed by atoms with Gasteiger partial charge in [0.05, 0.1) is 0 Å². The van der Waals surface area contributed by atoms with E-state index in [1.165, 1.54) is 27.7 Å². The first kappa shape index (κ1) is 37.5. The van der Waals surface area contributed by atoms with Crippen LogP contribution in [0.15, 0.2) is 146 Å². The van der Waals surface area contributed by atoms with Crippen LogP contribution in [0.1, 0.15) is 58.3 Å². The first-order valence-corrected chi connectivity index (χ1v) is 20.7. The van der Waals surface area contributed by atoms with Gasteiger partial charge in [-0.15, -0.1) is 45.3 Å². The van der Waals surface area contributed by atoms with Gasteiger partial charge in [0, 0.05) is 38.3 Å². The highest BCUT2D eigenvalue weighted by Crippen LogP contribution is 2.49. The van der Waals surface area contributed by atoms with Crippen molar-refractivity contribution in [3.63, 3.8) is 0 Å². The molecule has 2 N–H and O–H groups in total. The molecule has 0 bridgehead atoms. The third-order valence-corrected chi connectivity index (χ3v) is 13.7. The molecule has 9 rings (SSSR count). The molecule has 4 aromatic heterocycles. The lowest BCUT2D eigenvalue weighted by Crippen LogP contribution is -2.29. The van der Waals surface area contributed by atoms with Gasteiger partial charge in [-0.05, 0) is 109 Å². The molecule has 0 aliphatic rings. The summed E-state index contributed by atoms with van der Waals surface area (Å²) < 4.78 is 4.55. The topological polar surface area (TPSA) is 74.6 Å². The highest BCUT2D eigenvalue weighted by molar-refractivity contribution is 7.21. The van der Waals surface area contributed by atoms with Crippen LogP contribution in [0.25, 0.3) is 40.3 Å². The van der Waals surface area contributed by atoms with Crippen molar-refractivity contribution in [2.45, 2.75) is 38.9 Å². The molecule has 54 heavy (non-hydrogen) atoms. The molecule has 0 fully saturated rings. The number of rotatable bonds is 6. The zero-order chi connectivity index (χ0) is 38.0. The number of aliphatic hydroxyl groups is 2. The molecule has 0 saturated heterocycles. The van der Waals surface area contributed by atoms with Gasteiger partial charge >= 0.3 is 0 Å². The normalized spacial score (nSPS) is 11.7. The average molecular weight is 783 g/mol. The molecule has 4 heterocycles. The maximum Gasteiger partial charge on any atom is 0.158 e. The minimum Gasteiger partial charge on any atom is -0.374 e. The molecule has 270 valence electrons. The van der Waals surface area contributed by atoms with Crippen LogP contribution in [0.4, 0.5) is 0 Å². The van der Waals surface area contributed by atoms with E-state index in [2.05, 4.69) is 72.8 Å². The Kier molecular flexibility index (Phi) is 10.8. The number of hydrogen-bond acceptors (Lipinski definition) is 8. The van der Waals surface area contributed by atoms with Crippen LogP contribution >= 0.6 is 45.3 Å². The largest absolute Gasteiger partial charge is 0.374 e. The number of thiophene rings is 4. The van der Waals surface area contributed by atoms with E-state index in [0.29, 0.717) is 0 Å². The van der Waals surface area contributed by atoms with Crippen LogP contribution in [-0.4, -0.2) is 21.8 Å². The van der Waals surface area contributed by atoms with E-state index in [4.69, 9.17) is 0 Å². The van der Waals surface area contributed by atoms with Crippen molar-refractivity contribution >= 4 is 97.3 Å². The van der Waals surface area contributed by atoms with E-state index >= 15 is 0 Å². The monoisotopic (exact) mass is 782 g/mol. The Bertz CT molecular complexity index is 2270. The molecule has 0 saturated carbocycles. The Balaban J connectivity index is 0.000000515. The molecule has 5 aromatic carbocycles. The van der Waals surface area contributed by atoms with E-state index in [9.17, 15) is 19.8 Å². The van der Waals surface area contributed by atoms with Gasteiger partial charge in [0.25, 0.3) is 0 Å². The Morgan fingerprint density at radius 2 is 0.593 bits per heavy atom. The molecule has 0 amide bonds. The van der Waals surface area contributed by atoms with Gasteiger partial charge in [0.1, 0.15) is 11.6 Å². The van der Waals surface area contributed by atoms with Crippen LogP contribution in [0, 0.1) is 0 Å². The number of fused-ring (bicyclic) bond motifs is 4. The van der Waals surface area contributed by atoms with Crippen LogP contribution in [0.2, 0.25) is 0 Å². The maximum atomic E-state index is 12.9. The molecule has 9 aromatic rings. The van der Waals surface area contributed by atoms with Gasteiger partial charge < -0.3 is 19.8 Å². The van der Waals surface area contributed by atoms with Gasteiger partial charge in [-0.1, -0.05) is 97.1 Å². The third-order valence-electron chi connectivity index (χ3n) is 8.85. The molecule has 8 heteroatoms. The second kappa shape index (κ2) is 15.5. The number of benzene rings is 5. The fourth-order valence-electron chi connectivity index (χ4n) is 6.41. The Morgan fingerprint density at radius 3 is 0.796 bits per heavy atom. The lowest BCUT2D eigenvalue weighted by molar-refractivity contribution is -0.115. The molecule has 0 aliphatic heterocycles. The Labute approximate surface area is 330 Å². The summed E-state index contributed by atoms with van der Waals surface area (Å²) >= 11 is 6.49. The van der Waals surface area contributed by atoms with Gasteiger partial charge in [-0.3, -0.25) is 0 Å². The number of ketones is 2. The van der Waals surface area contributed by atoms with E-state index in [-0.39, 0.29) is 11.6 Å². The fraction of sp³-hybridized carbons (Fsp3) is 0.130. The Morgan fingerprint density at radius 1 is 0.389 bits per heavy atom. The summed E-state index contributed by atoms with van der Waals surface area (Å²) in [5.74, 6) is 0.333. The van der Waals surface area contributed by atoms with Crippen molar-refractivity contribution in [1.29, 1.82) is 0 Å². The zero-order valence-corrected chi connectivity index (χ0v) is 33.5. The fourth-order valence-corrected chi connectivity index (χ4v) is 11.3. The predicted octanol–water partition coefficient (Wildman–Crippen LogP) is 12.3. The lowest BCUT2D eigenvalue weighted by Gasteiger charge is -2.30. The second-order valence-electron chi connectivity index (χ2n) is 13.4. The van der Waals surface area contributed by atoms with Crippen LogP contribution in [0.3, 0.4) is 0 Å². The minimum atomic E-state index is -1.36. The average Bonchev–Trinajstić information content (AvgIpc) is 3.98. The number of carbonyl (C=O) groups excluding carboxylic acids is 2. The molecule has 0 unspecified atom stereocenters. The Hall–Kier alpha value is -4.80. The van der Waals surface area contributed by atoms with Crippen molar-refractivity contribution in [2.75, 3.05) is 0 Å². The quantitative estimate of drug-likeness (QED) is 0.176. The van der Waals surface area contributed by atoms with E-state index < -0.39 is 11.2 Å². The molecule has 0 radical (unpaired) electrons. The molecular weight excluding hydrogens is 745 g/mol. The summed E-state index contributed by atoms with van der Waals surface area (Å²) in [7, 11) is 0. The van der Waals surface area contributed by atoms with Crippen LogP contribution < -0.4 is 0 Å². The highest BCUT2D eigenvalue weighted by atomic mass is 32.1. The minimum absolute atomic E-state index is 0.167. The summed E-state index contributed by atoms with van der Waals surface area (Å²) in [6, 6.07) is 49.6. The number of hydrogen-bond donors (Lipinski definition) is 2. The van der Waals surface area contributed by atoms with Gasteiger partial charge in [0.2, 0.25) is 0 Å². The first-order chi connectivity index (χ1) is 26.0. The first-order valence-electron chi connectivity index (χ1n) is 17.4. The SMILES string of the molecule is CC(C)=O.CC(C)=O.OC(c1ccc(C(O)(c2cc3ccccc3s2)c2cc3ccccc3s2)cc1)(c1cc2ccccc2s1)c1cc2ccccc2s1. The third kappa shape index (κ3) is 7.33. The van der Waals surface area contributed by atoms with Crippen molar-refractivity contribution in [1.82, 2.24) is 0 Å². The second-order valence-corrected chi connectivity index (χ2v) is 17.7. The summed E-state index contributed by atoms with van der Waals surface area (Å²) in [6.07, 6.45) is 0. The standard InChI is InChI=1S/C40H26O2S4.2C3H6O/c41-39(35-21-25-9-1-5-13-31(25)43-35,36-22-26-10-2-6-14-32(26)44-36)29-17-19-30(20-18-29)40(42,37-23-27-11-3-7-15-33(27)45-37)38-24-28-12-4-8-16-34(28)46-38;2*1-3(2)4/h1-24,41-42H;2*1-2H3. The van der Waals surface area contributed by atoms with Gasteiger partial charge in [-0.25, -0.2) is 0 Å². The van der Waals surface area contributed by atoms with Crippen molar-refractivity contribution in [3.8, 4) is 0 Å². The number of Topliss-reactive ketones (excluding diaryl/α,β-unsaturated/α-hetero) is 2. The molecular formula is C46H38O4S4. The molecule has 0 spiro atoms. The summed E-state index contributed by atoms with van der Waals surface area (Å²) in [5, 5.41) is 30.3. The van der Waals surface area contributed by atoms with Crippen molar-refractivity contribution < 1.29 is 19.8 Å². The summed E-state index contributed by atoms with van der Waals surface area (Å²) in [4.78, 5) is 22.4. The predicted molar refractivity (Wildman–Crippen MR) is 231 cm³/mol. The maximum absolute atomic E-state index is 12.9. The van der Waals surface area contributed by atoms with E-state index in [1.54, 1.807) is 45.3 Å². The van der Waals surface area contributed by atoms with Crippen LogP contribution in [-0.2, 0) is 20.8 Å². The molecule has 4 nitrogen and oxygen atoms in total.